The number of rotatable bonds is 10. The number of benzene rings is 2. The van der Waals surface area contributed by atoms with Gasteiger partial charge in [0, 0.05) is 12.1 Å². The lowest BCUT2D eigenvalue weighted by atomic mass is 9.96. The molecule has 1 aromatic heterocycles. The van der Waals surface area contributed by atoms with Crippen molar-refractivity contribution in [3.05, 3.63) is 71.5 Å². The Morgan fingerprint density at radius 1 is 0.975 bits per heavy atom. The summed E-state index contributed by atoms with van der Waals surface area (Å²) in [7, 11) is 0. The number of hydrogen-bond donors (Lipinski definition) is 4. The molecule has 12 nitrogen and oxygen atoms in total. The number of amides is 4. The van der Waals surface area contributed by atoms with Crippen molar-refractivity contribution in [2.24, 2.45) is 5.92 Å². The van der Waals surface area contributed by atoms with Crippen molar-refractivity contribution in [3.8, 4) is 0 Å². The van der Waals surface area contributed by atoms with Gasteiger partial charge in [-0.15, -0.1) is 10.2 Å². The predicted octanol–water partition coefficient (Wildman–Crippen LogP) is 0.808. The molecule has 2 atom stereocenters. The molecule has 208 valence electrons. The zero-order valence-electron chi connectivity index (χ0n) is 22.0. The molecule has 0 radical (unpaired) electrons. The molecule has 40 heavy (non-hydrogen) atoms. The van der Waals surface area contributed by atoms with Gasteiger partial charge in [-0.25, -0.2) is 0 Å². The number of nitrogens with zero attached hydrogens (tertiary/aromatic N) is 4. The number of aromatic amines is 1. The minimum absolute atomic E-state index is 0.00556. The molecule has 4 amide bonds. The highest BCUT2D eigenvalue weighted by Gasteiger charge is 2.39. The van der Waals surface area contributed by atoms with Crippen LogP contribution in [0.15, 0.2) is 54.6 Å². The topological polar surface area (TPSA) is 162 Å². The number of carbonyl (C=O) groups is 4. The Kier molecular flexibility index (Phi) is 8.43. The van der Waals surface area contributed by atoms with E-state index in [0.717, 1.165) is 36.8 Å². The molecule has 1 unspecified atom stereocenters. The Morgan fingerprint density at radius 3 is 2.48 bits per heavy atom. The van der Waals surface area contributed by atoms with E-state index < -0.39 is 23.9 Å². The molecular weight excluding hydrogens is 512 g/mol. The Morgan fingerprint density at radius 2 is 1.73 bits per heavy atom. The van der Waals surface area contributed by atoms with E-state index in [-0.39, 0.29) is 37.2 Å². The zero-order chi connectivity index (χ0) is 27.9. The van der Waals surface area contributed by atoms with Gasteiger partial charge in [-0.05, 0) is 36.0 Å². The smallest absolute Gasteiger partial charge is 0.247 e. The van der Waals surface area contributed by atoms with Gasteiger partial charge in [0.1, 0.15) is 12.1 Å². The lowest BCUT2D eigenvalue weighted by Gasteiger charge is -2.27. The summed E-state index contributed by atoms with van der Waals surface area (Å²) in [6.07, 6.45) is 4.16. The van der Waals surface area contributed by atoms with Crippen molar-refractivity contribution in [3.63, 3.8) is 0 Å². The van der Waals surface area contributed by atoms with E-state index in [4.69, 9.17) is 0 Å². The second-order valence-corrected chi connectivity index (χ2v) is 10.1. The maximum atomic E-state index is 13.5. The molecule has 1 aliphatic heterocycles. The molecule has 4 N–H and O–H groups in total. The lowest BCUT2D eigenvalue weighted by molar-refractivity contribution is -0.131. The molecule has 2 aliphatic rings. The van der Waals surface area contributed by atoms with Gasteiger partial charge in [0.05, 0.1) is 19.5 Å². The third kappa shape index (κ3) is 6.33. The fourth-order valence-electron chi connectivity index (χ4n) is 5.50. The quantitative estimate of drug-likeness (QED) is 0.294. The first-order valence-corrected chi connectivity index (χ1v) is 13.5. The molecule has 0 saturated heterocycles. The van der Waals surface area contributed by atoms with Gasteiger partial charge in [0.25, 0.3) is 0 Å². The Labute approximate surface area is 231 Å². The van der Waals surface area contributed by atoms with E-state index in [1.165, 1.54) is 4.90 Å². The van der Waals surface area contributed by atoms with Crippen LogP contribution in [0, 0.1) is 5.92 Å². The Balaban J connectivity index is 1.24. The summed E-state index contributed by atoms with van der Waals surface area (Å²) in [6, 6.07) is 15.1. The molecule has 5 rings (SSSR count). The van der Waals surface area contributed by atoms with Crippen LogP contribution in [0.5, 0.6) is 0 Å². The van der Waals surface area contributed by atoms with Crippen molar-refractivity contribution in [2.75, 3.05) is 11.4 Å². The van der Waals surface area contributed by atoms with Crippen molar-refractivity contribution in [1.82, 2.24) is 36.6 Å². The molecule has 2 aromatic carbocycles. The number of aromatic nitrogens is 4. The van der Waals surface area contributed by atoms with E-state index in [1.54, 1.807) is 12.1 Å². The molecule has 0 bridgehead atoms. The third-order valence-corrected chi connectivity index (χ3v) is 7.45. The van der Waals surface area contributed by atoms with Gasteiger partial charge in [-0.3, -0.25) is 24.1 Å². The molecule has 0 spiro atoms. The number of nitrogens with one attached hydrogen (secondary N) is 4. The molecule has 1 fully saturated rings. The summed E-state index contributed by atoms with van der Waals surface area (Å²) in [5.41, 5.74) is 2.35. The number of tetrazole rings is 1. The van der Waals surface area contributed by atoms with E-state index in [1.807, 2.05) is 42.5 Å². The van der Waals surface area contributed by atoms with E-state index in [9.17, 15) is 19.2 Å². The Bertz CT molecular complexity index is 1340. The average Bonchev–Trinajstić information content (AvgIpc) is 3.75. The number of hydrogen-bond acceptors (Lipinski definition) is 7. The van der Waals surface area contributed by atoms with Crippen LogP contribution >= 0.6 is 0 Å². The minimum Gasteiger partial charge on any atom is -0.347 e. The Hall–Kier alpha value is -4.61. The molecule has 2 heterocycles. The fourth-order valence-corrected chi connectivity index (χ4v) is 5.50. The highest BCUT2D eigenvalue weighted by atomic mass is 16.2. The van der Waals surface area contributed by atoms with Crippen LogP contribution in [0.3, 0.4) is 0 Å². The number of anilines is 1. The van der Waals surface area contributed by atoms with Gasteiger partial charge in [0.15, 0.2) is 5.82 Å². The van der Waals surface area contributed by atoms with Gasteiger partial charge in [-0.2, -0.15) is 5.21 Å². The number of H-pyrrole nitrogens is 1. The van der Waals surface area contributed by atoms with Gasteiger partial charge < -0.3 is 16.0 Å². The van der Waals surface area contributed by atoms with Crippen molar-refractivity contribution < 1.29 is 19.2 Å². The molecule has 12 heteroatoms. The SMILES string of the molecule is O=C(Cc1ccccc1)NC(C(=O)NCC(=O)N1c2ccccc2C[C@H]1C(=O)NCc1nn[nH]n1)C1CCCC1. The predicted molar refractivity (Wildman–Crippen MR) is 144 cm³/mol. The zero-order valence-corrected chi connectivity index (χ0v) is 22.0. The van der Waals surface area contributed by atoms with Crippen LogP contribution in [-0.2, 0) is 38.6 Å². The van der Waals surface area contributed by atoms with Crippen LogP contribution in [0.1, 0.15) is 42.6 Å². The van der Waals surface area contributed by atoms with Crippen LogP contribution in [0.2, 0.25) is 0 Å². The van der Waals surface area contributed by atoms with E-state index in [0.29, 0.717) is 17.9 Å². The summed E-state index contributed by atoms with van der Waals surface area (Å²) in [6.45, 7) is -0.244. The number of fused-ring (bicyclic) bond motifs is 1. The standard InChI is InChI=1S/C28H32N8O4/c37-24(14-18-8-2-1-3-9-18)31-26(19-10-4-5-11-19)28(40)30-17-25(38)36-21-13-7-6-12-20(21)15-22(36)27(39)29-16-23-32-34-35-33-23/h1-3,6-9,12-13,19,22,26H,4-5,10-11,14-17H2,(H,29,39)(H,30,40)(H,31,37)(H,32,33,34,35)/t22-,26?/m0/s1. The largest absolute Gasteiger partial charge is 0.347 e. The van der Waals surface area contributed by atoms with Crippen molar-refractivity contribution >= 4 is 29.3 Å². The first-order valence-electron chi connectivity index (χ1n) is 13.5. The van der Waals surface area contributed by atoms with E-state index in [2.05, 4.69) is 36.6 Å². The van der Waals surface area contributed by atoms with Gasteiger partial charge in [0.2, 0.25) is 23.6 Å². The van der Waals surface area contributed by atoms with Crippen LogP contribution in [-0.4, -0.2) is 62.9 Å². The average molecular weight is 545 g/mol. The van der Waals surface area contributed by atoms with Gasteiger partial charge in [-0.1, -0.05) is 66.6 Å². The second kappa shape index (κ2) is 12.5. The van der Waals surface area contributed by atoms with E-state index >= 15 is 0 Å². The molecule has 1 saturated carbocycles. The summed E-state index contributed by atoms with van der Waals surface area (Å²) < 4.78 is 0. The van der Waals surface area contributed by atoms with Crippen LogP contribution < -0.4 is 20.9 Å². The third-order valence-electron chi connectivity index (χ3n) is 7.45. The van der Waals surface area contributed by atoms with Crippen molar-refractivity contribution in [1.29, 1.82) is 0 Å². The highest BCUT2D eigenvalue weighted by molar-refractivity contribution is 6.05. The maximum absolute atomic E-state index is 13.5. The minimum atomic E-state index is -0.787. The van der Waals surface area contributed by atoms with Gasteiger partial charge >= 0.3 is 0 Å². The first-order chi connectivity index (χ1) is 19.5. The second-order valence-electron chi connectivity index (χ2n) is 10.1. The van der Waals surface area contributed by atoms with Crippen LogP contribution in [0.25, 0.3) is 0 Å². The highest BCUT2D eigenvalue weighted by Crippen LogP contribution is 2.32. The lowest BCUT2D eigenvalue weighted by Crippen LogP contribution is -2.54. The number of carbonyl (C=O) groups excluding carboxylic acids is 4. The van der Waals surface area contributed by atoms with Crippen molar-refractivity contribution in [2.45, 2.75) is 57.2 Å². The molecule has 3 aromatic rings. The molecular formula is C28H32N8O4. The summed E-state index contributed by atoms with van der Waals surface area (Å²) in [4.78, 5) is 54.1. The monoisotopic (exact) mass is 544 g/mol. The fraction of sp³-hybridized carbons (Fsp3) is 0.393. The van der Waals surface area contributed by atoms with Crippen LogP contribution in [0.4, 0.5) is 5.69 Å². The first kappa shape index (κ1) is 27.0. The summed E-state index contributed by atoms with van der Waals surface area (Å²) >= 11 is 0. The molecule has 1 aliphatic carbocycles. The normalized spacial score (nSPS) is 17.2. The summed E-state index contributed by atoms with van der Waals surface area (Å²) in [5, 5.41) is 21.9. The maximum Gasteiger partial charge on any atom is 0.247 e. The number of para-hydroxylation sites is 1. The summed E-state index contributed by atoms with van der Waals surface area (Å²) in [5.74, 6) is -1.09.